The summed E-state index contributed by atoms with van der Waals surface area (Å²) in [6.45, 7) is 7.89. The van der Waals surface area contributed by atoms with Crippen LogP contribution in [0.1, 0.15) is 36.5 Å². The van der Waals surface area contributed by atoms with Crippen LogP contribution in [0, 0.1) is 13.8 Å². The number of hydrogen-bond donors (Lipinski definition) is 1. The normalized spacial score (nSPS) is 13.7. The molecule has 0 bridgehead atoms. The number of sulfonamides is 1. The Bertz CT molecular complexity index is 875. The van der Waals surface area contributed by atoms with Crippen molar-refractivity contribution in [3.63, 3.8) is 0 Å². The number of hydrogen-bond acceptors (Lipinski definition) is 3. The lowest BCUT2D eigenvalue weighted by atomic mass is 10.0. The smallest absolute Gasteiger partial charge is 0.243 e. The van der Waals surface area contributed by atoms with Gasteiger partial charge in [0.05, 0.1) is 11.9 Å². The van der Waals surface area contributed by atoms with Crippen LogP contribution in [0.2, 0.25) is 0 Å². The third kappa shape index (κ3) is 5.57. The van der Waals surface area contributed by atoms with Gasteiger partial charge in [-0.25, -0.2) is 8.42 Å². The van der Waals surface area contributed by atoms with Gasteiger partial charge in [-0.15, -0.1) is 0 Å². The fourth-order valence-electron chi connectivity index (χ4n) is 3.19. The van der Waals surface area contributed by atoms with Crippen LogP contribution in [0.5, 0.6) is 0 Å². The summed E-state index contributed by atoms with van der Waals surface area (Å²) in [5.74, 6) is -0.183. The van der Waals surface area contributed by atoms with E-state index in [0.29, 0.717) is 12.2 Å². The zero-order valence-corrected chi connectivity index (χ0v) is 17.4. The van der Waals surface area contributed by atoms with Crippen LogP contribution < -0.4 is 9.62 Å². The van der Waals surface area contributed by atoms with Crippen LogP contribution >= 0.6 is 0 Å². The molecule has 2 aromatic rings. The second-order valence-electron chi connectivity index (χ2n) is 7.14. The van der Waals surface area contributed by atoms with E-state index >= 15 is 0 Å². The molecule has 2 atom stereocenters. The van der Waals surface area contributed by atoms with Crippen LogP contribution in [-0.4, -0.2) is 33.2 Å². The number of nitrogens with zero attached hydrogens (tertiary/aromatic N) is 1. The molecule has 6 heteroatoms. The van der Waals surface area contributed by atoms with Crippen molar-refractivity contribution < 1.29 is 13.2 Å². The molecular weight excluding hydrogens is 360 g/mol. The molecule has 0 aliphatic rings. The minimum Gasteiger partial charge on any atom is -0.354 e. The fraction of sp³-hybridized carbons (Fsp3) is 0.381. The minimum absolute atomic E-state index is 0.134. The van der Waals surface area contributed by atoms with Gasteiger partial charge >= 0.3 is 0 Å². The van der Waals surface area contributed by atoms with Gasteiger partial charge in [0, 0.05) is 6.54 Å². The lowest BCUT2D eigenvalue weighted by molar-refractivity contribution is -0.121. The summed E-state index contributed by atoms with van der Waals surface area (Å²) in [4.78, 5) is 12.7. The van der Waals surface area contributed by atoms with Gasteiger partial charge in [-0.1, -0.05) is 43.3 Å². The molecule has 0 unspecified atom stereocenters. The first-order valence-electron chi connectivity index (χ1n) is 9.00. The van der Waals surface area contributed by atoms with Crippen molar-refractivity contribution >= 4 is 21.6 Å². The molecule has 0 saturated heterocycles. The molecule has 2 rings (SSSR count). The maximum Gasteiger partial charge on any atom is 0.243 e. The van der Waals surface area contributed by atoms with Gasteiger partial charge in [-0.3, -0.25) is 9.10 Å². The van der Waals surface area contributed by atoms with Crippen LogP contribution in [0.25, 0.3) is 0 Å². The van der Waals surface area contributed by atoms with E-state index in [1.54, 1.807) is 19.1 Å². The molecule has 2 aromatic carbocycles. The van der Waals surface area contributed by atoms with Crippen LogP contribution in [-0.2, 0) is 14.8 Å². The Kier molecular flexibility index (Phi) is 6.65. The van der Waals surface area contributed by atoms with E-state index in [4.69, 9.17) is 0 Å². The summed E-state index contributed by atoms with van der Waals surface area (Å²) in [6, 6.07) is 14.6. The number of carbonyl (C=O) groups excluding carboxylic acids is 1. The van der Waals surface area contributed by atoms with Crippen molar-refractivity contribution in [2.24, 2.45) is 0 Å². The SMILES string of the molecule is Cc1cc(C)cc(N([C@@H](C)C(=O)NC[C@H](C)c2ccccc2)S(C)(=O)=O)c1. The first kappa shape index (κ1) is 21.0. The molecule has 0 spiro atoms. The van der Waals surface area contributed by atoms with Crippen molar-refractivity contribution in [3.05, 3.63) is 65.2 Å². The average molecular weight is 389 g/mol. The Morgan fingerprint density at radius 3 is 2.11 bits per heavy atom. The number of amides is 1. The second kappa shape index (κ2) is 8.57. The number of nitrogens with one attached hydrogen (secondary N) is 1. The predicted octanol–water partition coefficient (Wildman–Crippen LogP) is 3.38. The monoisotopic (exact) mass is 388 g/mol. The molecule has 0 fully saturated rings. The van der Waals surface area contributed by atoms with E-state index in [1.807, 2.05) is 57.2 Å². The maximum absolute atomic E-state index is 12.7. The zero-order chi connectivity index (χ0) is 20.2. The molecule has 0 aromatic heterocycles. The minimum atomic E-state index is -3.61. The van der Waals surface area contributed by atoms with Crippen LogP contribution in [0.15, 0.2) is 48.5 Å². The number of benzene rings is 2. The highest BCUT2D eigenvalue weighted by molar-refractivity contribution is 7.92. The quantitative estimate of drug-likeness (QED) is 0.791. The second-order valence-corrected chi connectivity index (χ2v) is 9.00. The van der Waals surface area contributed by atoms with Crippen molar-refractivity contribution in [2.75, 3.05) is 17.1 Å². The Hall–Kier alpha value is -2.34. The molecule has 27 heavy (non-hydrogen) atoms. The number of aryl methyl sites for hydroxylation is 2. The van der Waals surface area contributed by atoms with Gasteiger partial charge in [0.1, 0.15) is 6.04 Å². The molecule has 146 valence electrons. The highest BCUT2D eigenvalue weighted by Gasteiger charge is 2.29. The summed E-state index contributed by atoms with van der Waals surface area (Å²) >= 11 is 0. The van der Waals surface area contributed by atoms with E-state index in [0.717, 1.165) is 22.9 Å². The number of rotatable bonds is 7. The van der Waals surface area contributed by atoms with Gasteiger partial charge in [0.25, 0.3) is 0 Å². The highest BCUT2D eigenvalue weighted by atomic mass is 32.2. The number of carbonyl (C=O) groups is 1. The highest BCUT2D eigenvalue weighted by Crippen LogP contribution is 2.24. The lowest BCUT2D eigenvalue weighted by Gasteiger charge is -2.29. The fourth-order valence-corrected chi connectivity index (χ4v) is 4.35. The summed E-state index contributed by atoms with van der Waals surface area (Å²) in [5.41, 5.74) is 3.53. The van der Waals surface area contributed by atoms with E-state index in [-0.39, 0.29) is 11.8 Å². The first-order valence-corrected chi connectivity index (χ1v) is 10.8. The largest absolute Gasteiger partial charge is 0.354 e. The van der Waals surface area contributed by atoms with Crippen LogP contribution in [0.3, 0.4) is 0 Å². The van der Waals surface area contributed by atoms with Crippen molar-refractivity contribution in [2.45, 2.75) is 39.7 Å². The molecule has 1 amide bonds. The van der Waals surface area contributed by atoms with Crippen molar-refractivity contribution in [1.82, 2.24) is 5.32 Å². The molecule has 0 saturated carbocycles. The maximum atomic E-state index is 12.7. The van der Waals surface area contributed by atoms with E-state index in [1.165, 1.54) is 4.31 Å². The molecular formula is C21H28N2O3S. The van der Waals surface area contributed by atoms with Gasteiger partial charge in [-0.2, -0.15) is 0 Å². The zero-order valence-electron chi connectivity index (χ0n) is 16.6. The average Bonchev–Trinajstić information content (AvgIpc) is 2.58. The summed E-state index contributed by atoms with van der Waals surface area (Å²) < 4.78 is 26.0. The molecule has 0 aliphatic carbocycles. The van der Waals surface area contributed by atoms with E-state index in [9.17, 15) is 13.2 Å². The topological polar surface area (TPSA) is 66.5 Å². The summed E-state index contributed by atoms with van der Waals surface area (Å²) in [7, 11) is -3.61. The van der Waals surface area contributed by atoms with Gasteiger partial charge in [0.2, 0.25) is 15.9 Å². The Morgan fingerprint density at radius 1 is 1.04 bits per heavy atom. The molecule has 0 radical (unpaired) electrons. The van der Waals surface area contributed by atoms with Gasteiger partial charge in [0.15, 0.2) is 0 Å². The van der Waals surface area contributed by atoms with Crippen molar-refractivity contribution in [1.29, 1.82) is 0 Å². The van der Waals surface area contributed by atoms with Gasteiger partial charge in [-0.05, 0) is 55.5 Å². The molecule has 1 N–H and O–H groups in total. The predicted molar refractivity (Wildman–Crippen MR) is 111 cm³/mol. The van der Waals surface area contributed by atoms with Crippen LogP contribution in [0.4, 0.5) is 5.69 Å². The van der Waals surface area contributed by atoms with Gasteiger partial charge < -0.3 is 5.32 Å². The standard InChI is InChI=1S/C21H28N2O3S/c1-15-11-16(2)13-20(12-15)23(27(5,25)26)18(4)21(24)22-14-17(3)19-9-7-6-8-10-19/h6-13,17-18H,14H2,1-5H3,(H,22,24)/t17-,18-/m0/s1. The summed E-state index contributed by atoms with van der Waals surface area (Å²) in [5, 5.41) is 2.89. The summed E-state index contributed by atoms with van der Waals surface area (Å²) in [6.07, 6.45) is 1.13. The molecule has 0 aliphatic heterocycles. The third-order valence-corrected chi connectivity index (χ3v) is 5.74. The molecule has 5 nitrogen and oxygen atoms in total. The first-order chi connectivity index (χ1) is 12.6. The Morgan fingerprint density at radius 2 is 1.59 bits per heavy atom. The Labute approximate surface area is 162 Å². The van der Waals surface area contributed by atoms with Crippen molar-refractivity contribution in [3.8, 4) is 0 Å². The molecule has 0 heterocycles. The third-order valence-electron chi connectivity index (χ3n) is 4.50. The lowest BCUT2D eigenvalue weighted by Crippen LogP contribution is -2.48. The van der Waals surface area contributed by atoms with E-state index in [2.05, 4.69) is 5.32 Å². The van der Waals surface area contributed by atoms with E-state index < -0.39 is 16.1 Å². The Balaban J connectivity index is 2.17. The number of anilines is 1.